The van der Waals surface area contributed by atoms with E-state index in [-0.39, 0.29) is 0 Å². The van der Waals surface area contributed by atoms with Crippen molar-refractivity contribution in [3.05, 3.63) is 29.8 Å². The summed E-state index contributed by atoms with van der Waals surface area (Å²) in [4.78, 5) is 2.68. The molecule has 1 N–H and O–H groups in total. The SMILES string of the molecule is Cc1cccc(NC2CCN3CCCCC23)c1. The molecular formula is C15H22N2. The number of rotatable bonds is 2. The largest absolute Gasteiger partial charge is 0.381 e. The van der Waals surface area contributed by atoms with E-state index in [2.05, 4.69) is 41.4 Å². The lowest BCUT2D eigenvalue weighted by Gasteiger charge is -2.33. The van der Waals surface area contributed by atoms with Gasteiger partial charge in [0.15, 0.2) is 0 Å². The molecule has 0 saturated carbocycles. The van der Waals surface area contributed by atoms with E-state index in [9.17, 15) is 0 Å². The Labute approximate surface area is 104 Å². The van der Waals surface area contributed by atoms with Crippen LogP contribution in [0.1, 0.15) is 31.2 Å². The van der Waals surface area contributed by atoms with Crippen LogP contribution in [-0.2, 0) is 0 Å². The molecule has 0 bridgehead atoms. The number of aryl methyl sites for hydroxylation is 1. The third kappa shape index (κ3) is 2.32. The predicted octanol–water partition coefficient (Wildman–Crippen LogP) is 3.03. The zero-order valence-electron chi connectivity index (χ0n) is 10.7. The van der Waals surface area contributed by atoms with E-state index in [0.29, 0.717) is 6.04 Å². The van der Waals surface area contributed by atoms with Gasteiger partial charge < -0.3 is 5.32 Å². The number of benzene rings is 1. The van der Waals surface area contributed by atoms with Gasteiger partial charge in [0.1, 0.15) is 0 Å². The first-order valence-corrected chi connectivity index (χ1v) is 6.90. The van der Waals surface area contributed by atoms with Crippen molar-refractivity contribution in [2.45, 2.75) is 44.7 Å². The molecule has 3 rings (SSSR count). The highest BCUT2D eigenvalue weighted by Crippen LogP contribution is 2.29. The Balaban J connectivity index is 1.69. The summed E-state index contributed by atoms with van der Waals surface area (Å²) in [5.74, 6) is 0. The molecule has 0 aliphatic carbocycles. The Bertz CT molecular complexity index is 388. The minimum Gasteiger partial charge on any atom is -0.381 e. The first-order chi connectivity index (χ1) is 8.33. The van der Waals surface area contributed by atoms with Crippen LogP contribution in [0.15, 0.2) is 24.3 Å². The summed E-state index contributed by atoms with van der Waals surface area (Å²) in [7, 11) is 0. The van der Waals surface area contributed by atoms with Gasteiger partial charge in [0.25, 0.3) is 0 Å². The van der Waals surface area contributed by atoms with Gasteiger partial charge in [-0.2, -0.15) is 0 Å². The minimum atomic E-state index is 0.664. The van der Waals surface area contributed by atoms with Gasteiger partial charge in [-0.15, -0.1) is 0 Å². The molecule has 17 heavy (non-hydrogen) atoms. The van der Waals surface area contributed by atoms with E-state index in [4.69, 9.17) is 0 Å². The van der Waals surface area contributed by atoms with Crippen LogP contribution in [0.2, 0.25) is 0 Å². The van der Waals surface area contributed by atoms with Crippen LogP contribution in [-0.4, -0.2) is 30.1 Å². The lowest BCUT2D eigenvalue weighted by atomic mass is 9.99. The molecule has 2 aliphatic rings. The number of nitrogens with one attached hydrogen (secondary N) is 1. The molecule has 0 amide bonds. The van der Waals surface area contributed by atoms with Gasteiger partial charge in [-0.25, -0.2) is 0 Å². The third-order valence-corrected chi connectivity index (χ3v) is 4.23. The molecule has 0 spiro atoms. The normalized spacial score (nSPS) is 29.0. The molecule has 2 unspecified atom stereocenters. The van der Waals surface area contributed by atoms with Gasteiger partial charge in [0.05, 0.1) is 0 Å². The lowest BCUT2D eigenvalue weighted by Crippen LogP contribution is -2.41. The van der Waals surface area contributed by atoms with Gasteiger partial charge >= 0.3 is 0 Å². The number of hydrogen-bond donors (Lipinski definition) is 1. The van der Waals surface area contributed by atoms with E-state index >= 15 is 0 Å². The molecule has 2 heteroatoms. The van der Waals surface area contributed by atoms with Crippen molar-refractivity contribution in [2.24, 2.45) is 0 Å². The Morgan fingerprint density at radius 2 is 2.12 bits per heavy atom. The van der Waals surface area contributed by atoms with Crippen molar-refractivity contribution in [2.75, 3.05) is 18.4 Å². The fourth-order valence-electron chi connectivity index (χ4n) is 3.36. The summed E-state index contributed by atoms with van der Waals surface area (Å²) < 4.78 is 0. The van der Waals surface area contributed by atoms with Crippen molar-refractivity contribution in [3.8, 4) is 0 Å². The summed E-state index contributed by atoms with van der Waals surface area (Å²) in [6, 6.07) is 10.2. The van der Waals surface area contributed by atoms with E-state index in [1.807, 2.05) is 0 Å². The van der Waals surface area contributed by atoms with Crippen molar-refractivity contribution in [1.82, 2.24) is 4.90 Å². The molecule has 2 saturated heterocycles. The molecule has 2 nitrogen and oxygen atoms in total. The second-order valence-corrected chi connectivity index (χ2v) is 5.51. The standard InChI is InChI=1S/C15H22N2/c1-12-5-4-6-13(11-12)16-14-8-10-17-9-3-2-7-15(14)17/h4-6,11,14-16H,2-3,7-10H2,1H3. The fraction of sp³-hybridized carbons (Fsp3) is 0.600. The predicted molar refractivity (Wildman–Crippen MR) is 72.4 cm³/mol. The summed E-state index contributed by atoms with van der Waals surface area (Å²) in [6.07, 6.45) is 5.49. The molecule has 1 aromatic carbocycles. The van der Waals surface area contributed by atoms with Crippen molar-refractivity contribution < 1.29 is 0 Å². The van der Waals surface area contributed by atoms with Crippen LogP contribution in [0.5, 0.6) is 0 Å². The summed E-state index contributed by atoms with van der Waals surface area (Å²) >= 11 is 0. The van der Waals surface area contributed by atoms with Gasteiger partial charge in [-0.05, 0) is 50.4 Å². The monoisotopic (exact) mass is 230 g/mol. The summed E-state index contributed by atoms with van der Waals surface area (Å²) in [5, 5.41) is 3.74. The van der Waals surface area contributed by atoms with Crippen LogP contribution < -0.4 is 5.32 Å². The van der Waals surface area contributed by atoms with Gasteiger partial charge in [0.2, 0.25) is 0 Å². The summed E-state index contributed by atoms with van der Waals surface area (Å²) in [6.45, 7) is 4.76. The second kappa shape index (κ2) is 4.69. The Morgan fingerprint density at radius 3 is 3.00 bits per heavy atom. The highest BCUT2D eigenvalue weighted by Gasteiger charge is 2.35. The third-order valence-electron chi connectivity index (χ3n) is 4.23. The molecule has 1 aromatic rings. The van der Waals surface area contributed by atoms with Crippen LogP contribution in [0.3, 0.4) is 0 Å². The average Bonchev–Trinajstić information content (AvgIpc) is 2.73. The van der Waals surface area contributed by atoms with E-state index < -0.39 is 0 Å². The van der Waals surface area contributed by atoms with E-state index in [0.717, 1.165) is 6.04 Å². The highest BCUT2D eigenvalue weighted by atomic mass is 15.2. The van der Waals surface area contributed by atoms with Crippen LogP contribution in [0.25, 0.3) is 0 Å². The van der Waals surface area contributed by atoms with Crippen molar-refractivity contribution in [1.29, 1.82) is 0 Å². The smallest absolute Gasteiger partial charge is 0.0429 e. The maximum Gasteiger partial charge on any atom is 0.0429 e. The topological polar surface area (TPSA) is 15.3 Å². The number of fused-ring (bicyclic) bond motifs is 1. The maximum atomic E-state index is 3.74. The quantitative estimate of drug-likeness (QED) is 0.840. The Morgan fingerprint density at radius 1 is 1.18 bits per heavy atom. The zero-order valence-corrected chi connectivity index (χ0v) is 10.7. The number of anilines is 1. The fourth-order valence-corrected chi connectivity index (χ4v) is 3.36. The molecule has 92 valence electrons. The molecule has 0 aromatic heterocycles. The molecular weight excluding hydrogens is 208 g/mol. The van der Waals surface area contributed by atoms with Gasteiger partial charge in [-0.3, -0.25) is 4.90 Å². The highest BCUT2D eigenvalue weighted by molar-refractivity contribution is 5.46. The van der Waals surface area contributed by atoms with E-state index in [1.165, 1.54) is 50.0 Å². The molecule has 2 heterocycles. The van der Waals surface area contributed by atoms with Crippen molar-refractivity contribution >= 4 is 5.69 Å². The molecule has 2 atom stereocenters. The number of nitrogens with zero attached hydrogens (tertiary/aromatic N) is 1. The van der Waals surface area contributed by atoms with Crippen LogP contribution >= 0.6 is 0 Å². The first kappa shape index (κ1) is 11.1. The minimum absolute atomic E-state index is 0.664. The van der Waals surface area contributed by atoms with Crippen molar-refractivity contribution in [3.63, 3.8) is 0 Å². The summed E-state index contributed by atoms with van der Waals surface area (Å²) in [5.41, 5.74) is 2.64. The first-order valence-electron chi connectivity index (χ1n) is 6.90. The Kier molecular flexibility index (Phi) is 3.06. The van der Waals surface area contributed by atoms with Crippen LogP contribution in [0, 0.1) is 6.92 Å². The van der Waals surface area contributed by atoms with Gasteiger partial charge in [-0.1, -0.05) is 18.6 Å². The maximum absolute atomic E-state index is 3.74. The Hall–Kier alpha value is -1.02. The van der Waals surface area contributed by atoms with Crippen LogP contribution in [0.4, 0.5) is 5.69 Å². The van der Waals surface area contributed by atoms with Gasteiger partial charge in [0, 0.05) is 24.3 Å². The lowest BCUT2D eigenvalue weighted by molar-refractivity contribution is 0.193. The van der Waals surface area contributed by atoms with E-state index in [1.54, 1.807) is 0 Å². The number of piperidine rings is 1. The molecule has 2 fully saturated rings. The second-order valence-electron chi connectivity index (χ2n) is 5.51. The number of hydrogen-bond acceptors (Lipinski definition) is 2. The molecule has 0 radical (unpaired) electrons. The zero-order chi connectivity index (χ0) is 11.7. The average molecular weight is 230 g/mol. The molecule has 2 aliphatic heterocycles.